The molecule has 3 nitrogen and oxygen atoms in total. The Balaban J connectivity index is 2.84. The van der Waals surface area contributed by atoms with Crippen LogP contribution in [-0.4, -0.2) is 17.6 Å². The Bertz CT molecular complexity index is 516. The minimum absolute atomic E-state index is 0.000771. The summed E-state index contributed by atoms with van der Waals surface area (Å²) in [5.41, 5.74) is 2.53. The molecule has 1 aromatic carbocycles. The number of aliphatic hydroxyl groups excluding tert-OH is 1. The van der Waals surface area contributed by atoms with E-state index in [4.69, 9.17) is 5.11 Å². The summed E-state index contributed by atoms with van der Waals surface area (Å²) in [6.07, 6.45) is 0.471. The smallest absolute Gasteiger partial charge is 0.224 e. The minimum Gasteiger partial charge on any atom is -0.384 e. The molecule has 0 aliphatic carbocycles. The number of hydrogen-bond donors (Lipinski definition) is 2. The van der Waals surface area contributed by atoms with Crippen molar-refractivity contribution in [3.63, 3.8) is 0 Å². The van der Waals surface area contributed by atoms with Crippen LogP contribution < -0.4 is 5.32 Å². The molecule has 0 bridgehead atoms. The Morgan fingerprint density at radius 2 is 2.00 bits per heavy atom. The van der Waals surface area contributed by atoms with Crippen LogP contribution in [-0.2, 0) is 4.79 Å². The molecule has 0 spiro atoms. The topological polar surface area (TPSA) is 49.3 Å². The fraction of sp³-hybridized carbons (Fsp3) is 0.438. The summed E-state index contributed by atoms with van der Waals surface area (Å²) >= 11 is 0. The molecule has 0 atom stereocenters. The molecular weight excluding hydrogens is 238 g/mol. The number of anilines is 1. The summed E-state index contributed by atoms with van der Waals surface area (Å²) in [7, 11) is 0. The number of benzene rings is 1. The zero-order chi connectivity index (χ0) is 14.5. The molecule has 0 aliphatic rings. The van der Waals surface area contributed by atoms with Gasteiger partial charge >= 0.3 is 0 Å². The summed E-state index contributed by atoms with van der Waals surface area (Å²) in [4.78, 5) is 11.9. The molecule has 0 saturated heterocycles. The summed E-state index contributed by atoms with van der Waals surface area (Å²) in [5.74, 6) is 5.45. The molecule has 1 amide bonds. The molecule has 1 rings (SSSR count). The number of carbonyl (C=O) groups is 1. The average molecular weight is 259 g/mol. The van der Waals surface area contributed by atoms with E-state index >= 15 is 0 Å². The summed E-state index contributed by atoms with van der Waals surface area (Å²) in [5, 5.41) is 11.6. The van der Waals surface area contributed by atoms with E-state index in [1.807, 2.05) is 45.9 Å². The van der Waals surface area contributed by atoms with Gasteiger partial charge in [0, 0.05) is 17.7 Å². The fourth-order valence-electron chi connectivity index (χ4n) is 1.76. The molecular formula is C16H21NO2. The van der Waals surface area contributed by atoms with Gasteiger partial charge in [0.2, 0.25) is 5.91 Å². The van der Waals surface area contributed by atoms with E-state index in [9.17, 15) is 4.79 Å². The van der Waals surface area contributed by atoms with Crippen molar-refractivity contribution in [2.24, 2.45) is 5.41 Å². The number of nitrogens with one attached hydrogen (secondary N) is 1. The Morgan fingerprint density at radius 1 is 1.32 bits per heavy atom. The lowest BCUT2D eigenvalue weighted by Crippen LogP contribution is -2.19. The highest BCUT2D eigenvalue weighted by Crippen LogP contribution is 2.20. The molecule has 0 fully saturated rings. The second kappa shape index (κ2) is 6.40. The molecule has 0 aromatic heterocycles. The first-order chi connectivity index (χ1) is 8.80. The van der Waals surface area contributed by atoms with Gasteiger partial charge in [-0.25, -0.2) is 0 Å². The van der Waals surface area contributed by atoms with Crippen molar-refractivity contribution in [3.8, 4) is 11.8 Å². The van der Waals surface area contributed by atoms with Gasteiger partial charge in [0.25, 0.3) is 0 Å². The monoisotopic (exact) mass is 259 g/mol. The normalized spacial score (nSPS) is 10.6. The molecule has 19 heavy (non-hydrogen) atoms. The molecule has 3 heteroatoms. The fourth-order valence-corrected chi connectivity index (χ4v) is 1.76. The second-order valence-electron chi connectivity index (χ2n) is 5.83. The van der Waals surface area contributed by atoms with Crippen LogP contribution in [0.15, 0.2) is 18.2 Å². The van der Waals surface area contributed by atoms with E-state index in [0.29, 0.717) is 6.42 Å². The largest absolute Gasteiger partial charge is 0.384 e. The SMILES string of the molecule is Cc1cc(C#CCO)cc(NC(=O)CC(C)(C)C)c1. The van der Waals surface area contributed by atoms with Crippen LogP contribution in [0, 0.1) is 24.2 Å². The van der Waals surface area contributed by atoms with Gasteiger partial charge in [-0.05, 0) is 36.1 Å². The molecule has 0 heterocycles. The van der Waals surface area contributed by atoms with Crippen molar-refractivity contribution in [1.29, 1.82) is 0 Å². The van der Waals surface area contributed by atoms with Gasteiger partial charge in [0.05, 0.1) is 0 Å². The third kappa shape index (κ3) is 6.08. The zero-order valence-corrected chi connectivity index (χ0v) is 12.0. The summed E-state index contributed by atoms with van der Waals surface area (Å²) < 4.78 is 0. The lowest BCUT2D eigenvalue weighted by molar-refractivity contribution is -0.117. The molecule has 2 N–H and O–H groups in total. The first-order valence-electron chi connectivity index (χ1n) is 6.31. The highest BCUT2D eigenvalue weighted by atomic mass is 16.2. The summed E-state index contributed by atoms with van der Waals surface area (Å²) in [6, 6.07) is 5.64. The van der Waals surface area contributed by atoms with E-state index in [-0.39, 0.29) is 17.9 Å². The minimum atomic E-state index is -0.167. The molecule has 0 saturated carbocycles. The van der Waals surface area contributed by atoms with Gasteiger partial charge < -0.3 is 10.4 Å². The molecule has 0 aliphatic heterocycles. The highest BCUT2D eigenvalue weighted by molar-refractivity contribution is 5.91. The molecule has 102 valence electrons. The number of hydrogen-bond acceptors (Lipinski definition) is 2. The van der Waals surface area contributed by atoms with Gasteiger partial charge in [0.1, 0.15) is 6.61 Å². The van der Waals surface area contributed by atoms with E-state index in [1.165, 1.54) is 0 Å². The molecule has 0 radical (unpaired) electrons. The third-order valence-corrected chi connectivity index (χ3v) is 2.36. The molecule has 1 aromatic rings. The Morgan fingerprint density at radius 3 is 2.58 bits per heavy atom. The van der Waals surface area contributed by atoms with Gasteiger partial charge in [0.15, 0.2) is 0 Å². The van der Waals surface area contributed by atoms with E-state index in [0.717, 1.165) is 16.8 Å². The predicted octanol–water partition coefficient (Wildman–Crippen LogP) is 2.71. The Kier molecular flexibility index (Phi) is 5.14. The van der Waals surface area contributed by atoms with Crippen molar-refractivity contribution in [2.45, 2.75) is 34.1 Å². The number of carbonyl (C=O) groups excluding carboxylic acids is 1. The van der Waals surface area contributed by atoms with E-state index < -0.39 is 0 Å². The van der Waals surface area contributed by atoms with E-state index in [2.05, 4.69) is 17.2 Å². The standard InChI is InChI=1S/C16H21NO2/c1-12-8-13(6-5-7-18)10-14(9-12)17-15(19)11-16(2,3)4/h8-10,18H,7,11H2,1-4H3,(H,17,19). The van der Waals surface area contributed by atoms with Gasteiger partial charge in [-0.1, -0.05) is 32.6 Å². The predicted molar refractivity (Wildman–Crippen MR) is 77.8 cm³/mol. The number of aryl methyl sites for hydroxylation is 1. The maximum absolute atomic E-state index is 11.9. The van der Waals surface area contributed by atoms with Crippen LogP contribution in [0.5, 0.6) is 0 Å². The quantitative estimate of drug-likeness (QED) is 0.802. The van der Waals surface area contributed by atoms with Crippen molar-refractivity contribution in [3.05, 3.63) is 29.3 Å². The van der Waals surface area contributed by atoms with Crippen molar-refractivity contribution < 1.29 is 9.90 Å². The first-order valence-corrected chi connectivity index (χ1v) is 6.31. The van der Waals surface area contributed by atoms with Crippen LogP contribution >= 0.6 is 0 Å². The van der Waals surface area contributed by atoms with Gasteiger partial charge in [-0.2, -0.15) is 0 Å². The number of amides is 1. The van der Waals surface area contributed by atoms with Crippen LogP contribution in [0.1, 0.15) is 38.3 Å². The van der Waals surface area contributed by atoms with Crippen LogP contribution in [0.4, 0.5) is 5.69 Å². The lowest BCUT2D eigenvalue weighted by Gasteiger charge is -2.17. The lowest BCUT2D eigenvalue weighted by atomic mass is 9.92. The Hall–Kier alpha value is -1.79. The van der Waals surface area contributed by atoms with Gasteiger partial charge in [-0.15, -0.1) is 0 Å². The van der Waals surface area contributed by atoms with Crippen molar-refractivity contribution >= 4 is 11.6 Å². The summed E-state index contributed by atoms with van der Waals surface area (Å²) in [6.45, 7) is 7.87. The zero-order valence-electron chi connectivity index (χ0n) is 12.0. The first kappa shape index (κ1) is 15.3. The third-order valence-electron chi connectivity index (χ3n) is 2.36. The van der Waals surface area contributed by atoms with Crippen LogP contribution in [0.3, 0.4) is 0 Å². The number of rotatable bonds is 2. The maximum atomic E-state index is 11.9. The van der Waals surface area contributed by atoms with E-state index in [1.54, 1.807) is 0 Å². The highest BCUT2D eigenvalue weighted by Gasteiger charge is 2.16. The van der Waals surface area contributed by atoms with Crippen molar-refractivity contribution in [2.75, 3.05) is 11.9 Å². The van der Waals surface area contributed by atoms with Crippen molar-refractivity contribution in [1.82, 2.24) is 0 Å². The van der Waals surface area contributed by atoms with Crippen LogP contribution in [0.2, 0.25) is 0 Å². The average Bonchev–Trinajstić information content (AvgIpc) is 2.22. The number of aliphatic hydroxyl groups is 1. The van der Waals surface area contributed by atoms with Gasteiger partial charge in [-0.3, -0.25) is 4.79 Å². The second-order valence-corrected chi connectivity index (χ2v) is 5.83. The molecule has 0 unspecified atom stereocenters. The maximum Gasteiger partial charge on any atom is 0.224 e. The van der Waals surface area contributed by atoms with Crippen LogP contribution in [0.25, 0.3) is 0 Å². The Labute approximate surface area is 115 Å².